The summed E-state index contributed by atoms with van der Waals surface area (Å²) in [6.07, 6.45) is 5.93. The first-order chi connectivity index (χ1) is 31.0. The molecule has 3 aliphatic rings. The molecule has 0 radical (unpaired) electrons. The first kappa shape index (κ1) is 42.7. The number of amides is 3. The molecule has 3 aromatic heterocycles. The smallest absolute Gasteiger partial charge is 0.407 e. The molecular formula is C49H57N9O6. The van der Waals surface area contributed by atoms with Crippen LogP contribution in [0.3, 0.4) is 0 Å². The topological polar surface area (TPSA) is 172 Å². The van der Waals surface area contributed by atoms with Gasteiger partial charge in [0.15, 0.2) is 0 Å². The molecule has 3 aliphatic heterocycles. The third kappa shape index (κ3) is 8.20. The number of imidazole rings is 2. The summed E-state index contributed by atoms with van der Waals surface area (Å²) in [5, 5.41) is 6.82. The van der Waals surface area contributed by atoms with Crippen molar-refractivity contribution in [2.75, 3.05) is 33.9 Å². The fraction of sp³-hybridized carbons (Fsp3) is 0.408. The second kappa shape index (κ2) is 17.9. The van der Waals surface area contributed by atoms with E-state index in [-0.39, 0.29) is 35.9 Å². The Bertz CT molecular complexity index is 2650. The van der Waals surface area contributed by atoms with Crippen LogP contribution in [0.15, 0.2) is 85.2 Å². The minimum Gasteiger partial charge on any atom is -0.465 e. The van der Waals surface area contributed by atoms with Crippen LogP contribution >= 0.6 is 0 Å². The molecule has 3 amide bonds. The maximum Gasteiger partial charge on any atom is 0.407 e. The van der Waals surface area contributed by atoms with E-state index in [0.29, 0.717) is 18.9 Å². The summed E-state index contributed by atoms with van der Waals surface area (Å²) in [5.74, 6) is 2.36. The van der Waals surface area contributed by atoms with E-state index in [1.807, 2.05) is 49.3 Å². The number of nitrogens with one attached hydrogen (secondary N) is 4. The predicted molar refractivity (Wildman–Crippen MR) is 243 cm³/mol. The van der Waals surface area contributed by atoms with Crippen molar-refractivity contribution in [3.8, 4) is 39.5 Å². The third-order valence-corrected chi connectivity index (χ3v) is 13.1. The Labute approximate surface area is 372 Å². The van der Waals surface area contributed by atoms with Crippen LogP contribution < -0.4 is 15.4 Å². The van der Waals surface area contributed by atoms with Crippen molar-refractivity contribution in [2.45, 2.75) is 83.8 Å². The summed E-state index contributed by atoms with van der Waals surface area (Å²) in [5.41, 5.74) is 7.82. The van der Waals surface area contributed by atoms with Crippen molar-refractivity contribution in [3.63, 3.8) is 0 Å². The molecule has 15 nitrogen and oxygen atoms in total. The van der Waals surface area contributed by atoms with Gasteiger partial charge in [0.05, 0.1) is 61.3 Å². The van der Waals surface area contributed by atoms with E-state index in [1.54, 1.807) is 0 Å². The second-order valence-electron chi connectivity index (χ2n) is 17.8. The highest BCUT2D eigenvalue weighted by molar-refractivity contribution is 5.92. The highest BCUT2D eigenvalue weighted by Gasteiger charge is 2.38. The Balaban J connectivity index is 0.994. The molecule has 5 unspecified atom stereocenters. The van der Waals surface area contributed by atoms with Crippen molar-refractivity contribution in [1.29, 1.82) is 0 Å². The van der Waals surface area contributed by atoms with Crippen LogP contribution in [0.5, 0.6) is 5.75 Å². The van der Waals surface area contributed by atoms with Crippen LogP contribution in [0, 0.1) is 11.8 Å². The number of carbonyl (C=O) groups is 3. The summed E-state index contributed by atoms with van der Waals surface area (Å²) in [7, 11) is 2.70. The molecule has 0 aliphatic carbocycles. The number of likely N-dealkylation sites (tertiary alicyclic amines) is 2. The van der Waals surface area contributed by atoms with Crippen LogP contribution in [0.4, 0.5) is 9.59 Å². The Morgan fingerprint density at radius 2 is 1.44 bits per heavy atom. The number of benzene rings is 3. The molecule has 334 valence electrons. The molecule has 2 saturated heterocycles. The molecule has 6 heterocycles. The zero-order chi connectivity index (χ0) is 44.6. The van der Waals surface area contributed by atoms with Gasteiger partial charge in [-0.1, -0.05) is 70.2 Å². The van der Waals surface area contributed by atoms with Gasteiger partial charge in [-0.2, -0.15) is 0 Å². The van der Waals surface area contributed by atoms with E-state index >= 15 is 0 Å². The lowest BCUT2D eigenvalue weighted by atomic mass is 10.0. The van der Waals surface area contributed by atoms with Gasteiger partial charge < -0.3 is 44.3 Å². The van der Waals surface area contributed by atoms with Crippen LogP contribution in [0.2, 0.25) is 0 Å². The van der Waals surface area contributed by atoms with Gasteiger partial charge in [-0.15, -0.1) is 0 Å². The predicted octanol–water partition coefficient (Wildman–Crippen LogP) is 8.59. The summed E-state index contributed by atoms with van der Waals surface area (Å²) in [4.78, 5) is 59.1. The van der Waals surface area contributed by atoms with E-state index in [1.165, 1.54) is 14.2 Å². The van der Waals surface area contributed by atoms with Crippen molar-refractivity contribution in [3.05, 3.63) is 102 Å². The van der Waals surface area contributed by atoms with Gasteiger partial charge in [0.1, 0.15) is 23.4 Å². The van der Waals surface area contributed by atoms with Gasteiger partial charge in [0.25, 0.3) is 0 Å². The van der Waals surface area contributed by atoms with Gasteiger partial charge in [-0.05, 0) is 74.4 Å². The summed E-state index contributed by atoms with van der Waals surface area (Å²) >= 11 is 0. The summed E-state index contributed by atoms with van der Waals surface area (Å²) in [6.45, 7) is 10.3. The molecule has 64 heavy (non-hydrogen) atoms. The SMILES string of the molecule is COC(=O)NC(CN1CCCC1c1ncc(-c2ccc3c(c2)cc2n3C(c3ccccc3)Oc3cc(-c4cnc(C5CCCN5C(=O)C(NC(=O)OC)C(C)C)[nH]4)ccc3-2)[nH]1)C(C)C. The number of alkyl carbamates (subject to hydrolysis) is 2. The fourth-order valence-electron chi connectivity index (χ4n) is 9.61. The van der Waals surface area contributed by atoms with Crippen molar-refractivity contribution < 1.29 is 28.6 Å². The number of carbonyl (C=O) groups excluding carboxylic acids is 3. The standard InChI is InChI=1S/C49H57N9O6/c1-28(2)37(54-48(60)62-5)27-56-20-10-14-39(56)44-50-25-35(52-44)31-17-19-38-33(22-31)23-41-34-18-16-32(24-42(34)64-47(58(38)41)30-12-8-7-9-13-30)36-26-51-45(53-36)40-15-11-21-57(40)46(59)43(29(3)4)55-49(61)63-6/h7-9,12-13,16-19,22-26,28-29,37,39-40,43,47H,10-11,14-15,20-21,27H2,1-6H3,(H,50,52)(H,51,53)(H,54,60)(H,55,61). The molecule has 9 rings (SSSR count). The number of methoxy groups -OCH3 is 2. The summed E-state index contributed by atoms with van der Waals surface area (Å²) in [6, 6.07) is 24.4. The van der Waals surface area contributed by atoms with Crippen LogP contribution in [-0.2, 0) is 14.3 Å². The van der Waals surface area contributed by atoms with Gasteiger partial charge in [-0.3, -0.25) is 9.69 Å². The number of hydrogen-bond acceptors (Lipinski definition) is 9. The molecule has 6 aromatic rings. The number of aromatic nitrogens is 5. The van der Waals surface area contributed by atoms with E-state index in [0.717, 1.165) is 94.0 Å². The molecule has 15 heteroatoms. The van der Waals surface area contributed by atoms with Crippen molar-refractivity contribution in [2.24, 2.45) is 11.8 Å². The first-order valence-electron chi connectivity index (χ1n) is 22.4. The molecular weight excluding hydrogens is 811 g/mol. The van der Waals surface area contributed by atoms with E-state index in [9.17, 15) is 14.4 Å². The highest BCUT2D eigenvalue weighted by atomic mass is 16.5. The number of fused-ring (bicyclic) bond motifs is 5. The molecule has 0 saturated carbocycles. The lowest BCUT2D eigenvalue weighted by Gasteiger charge is -2.30. The van der Waals surface area contributed by atoms with Gasteiger partial charge in [0, 0.05) is 46.8 Å². The van der Waals surface area contributed by atoms with Crippen molar-refractivity contribution >= 4 is 29.0 Å². The highest BCUT2D eigenvalue weighted by Crippen LogP contribution is 2.46. The summed E-state index contributed by atoms with van der Waals surface area (Å²) < 4.78 is 18.9. The van der Waals surface area contributed by atoms with Gasteiger partial charge >= 0.3 is 12.2 Å². The van der Waals surface area contributed by atoms with E-state index < -0.39 is 24.5 Å². The Morgan fingerprint density at radius 3 is 2.14 bits per heavy atom. The maximum absolute atomic E-state index is 13.8. The van der Waals surface area contributed by atoms with Crippen LogP contribution in [0.1, 0.15) is 88.9 Å². The molecule has 3 aromatic carbocycles. The lowest BCUT2D eigenvalue weighted by Crippen LogP contribution is -2.51. The minimum atomic E-state index is -0.709. The largest absolute Gasteiger partial charge is 0.465 e. The molecule has 0 spiro atoms. The van der Waals surface area contributed by atoms with E-state index in [4.69, 9.17) is 24.2 Å². The van der Waals surface area contributed by atoms with E-state index in [2.05, 4.69) is 98.5 Å². The Kier molecular flexibility index (Phi) is 11.9. The maximum atomic E-state index is 13.8. The van der Waals surface area contributed by atoms with Crippen molar-refractivity contribution in [1.82, 2.24) is 44.9 Å². The third-order valence-electron chi connectivity index (χ3n) is 13.1. The molecule has 0 bridgehead atoms. The molecule has 4 N–H and O–H groups in total. The first-order valence-corrected chi connectivity index (χ1v) is 22.4. The second-order valence-corrected chi connectivity index (χ2v) is 17.8. The number of hydrogen-bond donors (Lipinski definition) is 4. The average Bonchev–Trinajstić information content (AvgIpc) is 4.17. The zero-order valence-corrected chi connectivity index (χ0v) is 37.3. The van der Waals surface area contributed by atoms with Crippen LogP contribution in [-0.4, -0.2) is 98.3 Å². The van der Waals surface area contributed by atoms with Crippen LogP contribution in [0.25, 0.3) is 44.7 Å². The number of aromatic amines is 2. The monoisotopic (exact) mass is 867 g/mol. The molecule has 2 fully saturated rings. The van der Waals surface area contributed by atoms with Gasteiger partial charge in [0.2, 0.25) is 12.1 Å². The number of nitrogens with zero attached hydrogens (tertiary/aromatic N) is 5. The van der Waals surface area contributed by atoms with Gasteiger partial charge in [-0.25, -0.2) is 19.6 Å². The Morgan fingerprint density at radius 1 is 0.781 bits per heavy atom. The number of ether oxygens (including phenoxy) is 3. The normalized spacial score (nSPS) is 19.3. The number of rotatable bonds is 12. The fourth-order valence-corrected chi connectivity index (χ4v) is 9.61. The number of H-pyrrole nitrogens is 2. The molecule has 5 atom stereocenters. The Hall–Kier alpha value is -6.61. The minimum absolute atomic E-state index is 0.0426. The lowest BCUT2D eigenvalue weighted by molar-refractivity contribution is -0.135. The zero-order valence-electron chi connectivity index (χ0n) is 37.3. The quantitative estimate of drug-likeness (QED) is 0.0941. The average molecular weight is 868 g/mol.